The van der Waals surface area contributed by atoms with Crippen LogP contribution in [0.1, 0.15) is 18.7 Å². The second-order valence-electron chi connectivity index (χ2n) is 4.08. The third-order valence-corrected chi connectivity index (χ3v) is 3.67. The molecule has 1 aromatic heterocycles. The smallest absolute Gasteiger partial charge is 0.0421 e. The van der Waals surface area contributed by atoms with E-state index in [2.05, 4.69) is 47.2 Å². The van der Waals surface area contributed by atoms with Crippen molar-refractivity contribution in [3.05, 3.63) is 54.4 Å². The van der Waals surface area contributed by atoms with Crippen LogP contribution in [0.3, 0.4) is 0 Å². The summed E-state index contributed by atoms with van der Waals surface area (Å²) in [4.78, 5) is 1.32. The number of benzene rings is 1. The van der Waals surface area contributed by atoms with Crippen molar-refractivity contribution in [1.82, 2.24) is 4.57 Å². The van der Waals surface area contributed by atoms with Gasteiger partial charge < -0.3 is 10.3 Å². The zero-order valence-electron chi connectivity index (χ0n) is 10.0. The highest BCUT2D eigenvalue weighted by molar-refractivity contribution is 7.99. The maximum atomic E-state index is 5.91. The van der Waals surface area contributed by atoms with E-state index in [0.29, 0.717) is 0 Å². The molecule has 0 saturated heterocycles. The first-order valence-electron chi connectivity index (χ1n) is 5.86. The molecule has 0 aliphatic heterocycles. The molecule has 17 heavy (non-hydrogen) atoms. The van der Waals surface area contributed by atoms with Crippen LogP contribution in [0.5, 0.6) is 0 Å². The third kappa shape index (κ3) is 3.38. The van der Waals surface area contributed by atoms with E-state index in [1.165, 1.54) is 10.6 Å². The van der Waals surface area contributed by atoms with Crippen molar-refractivity contribution in [3.8, 4) is 0 Å². The van der Waals surface area contributed by atoms with Gasteiger partial charge in [-0.05, 0) is 31.2 Å². The maximum absolute atomic E-state index is 5.91. The van der Waals surface area contributed by atoms with Gasteiger partial charge in [0, 0.05) is 35.1 Å². The summed E-state index contributed by atoms with van der Waals surface area (Å²) >= 11 is 1.88. The lowest BCUT2D eigenvalue weighted by Gasteiger charge is -2.11. The Morgan fingerprint density at radius 3 is 2.65 bits per heavy atom. The van der Waals surface area contributed by atoms with Gasteiger partial charge in [-0.2, -0.15) is 0 Å². The first-order chi connectivity index (χ1) is 8.27. The monoisotopic (exact) mass is 246 g/mol. The Balaban J connectivity index is 1.88. The van der Waals surface area contributed by atoms with Gasteiger partial charge in [-0.15, -0.1) is 11.8 Å². The van der Waals surface area contributed by atoms with Crippen LogP contribution in [-0.4, -0.2) is 10.3 Å². The summed E-state index contributed by atoms with van der Waals surface area (Å²) < 4.78 is 2.24. The SMILES string of the molecule is CC(N)c1cccn1CCSc1ccccc1. The number of aryl methyl sites for hydroxylation is 1. The standard InChI is InChI=1S/C14H18N2S/c1-12(15)14-8-5-9-16(14)10-11-17-13-6-3-2-4-7-13/h2-9,12H,10-11,15H2,1H3. The topological polar surface area (TPSA) is 30.9 Å². The minimum Gasteiger partial charge on any atom is -0.349 e. The zero-order chi connectivity index (χ0) is 12.1. The van der Waals surface area contributed by atoms with Gasteiger partial charge in [-0.3, -0.25) is 0 Å². The summed E-state index contributed by atoms with van der Waals surface area (Å²) in [5.74, 6) is 1.07. The maximum Gasteiger partial charge on any atom is 0.0421 e. The fourth-order valence-corrected chi connectivity index (χ4v) is 2.70. The summed E-state index contributed by atoms with van der Waals surface area (Å²) in [6.45, 7) is 3.03. The summed E-state index contributed by atoms with van der Waals surface area (Å²) in [5.41, 5.74) is 7.12. The summed E-state index contributed by atoms with van der Waals surface area (Å²) in [6, 6.07) is 14.7. The molecular weight excluding hydrogens is 228 g/mol. The lowest BCUT2D eigenvalue weighted by molar-refractivity contribution is 0.663. The van der Waals surface area contributed by atoms with Crippen LogP contribution in [0, 0.1) is 0 Å². The van der Waals surface area contributed by atoms with Crippen LogP contribution in [0.25, 0.3) is 0 Å². The summed E-state index contributed by atoms with van der Waals surface area (Å²) in [7, 11) is 0. The normalized spacial score (nSPS) is 12.6. The van der Waals surface area contributed by atoms with Crippen molar-refractivity contribution in [3.63, 3.8) is 0 Å². The van der Waals surface area contributed by atoms with E-state index in [1.54, 1.807) is 0 Å². The van der Waals surface area contributed by atoms with Gasteiger partial charge in [0.15, 0.2) is 0 Å². The average Bonchev–Trinajstić information content (AvgIpc) is 2.79. The lowest BCUT2D eigenvalue weighted by Crippen LogP contribution is -2.12. The Bertz CT molecular complexity index is 448. The number of aromatic nitrogens is 1. The molecule has 2 aromatic rings. The number of nitrogens with zero attached hydrogens (tertiary/aromatic N) is 1. The minimum atomic E-state index is 0.103. The number of nitrogens with two attached hydrogens (primary N) is 1. The van der Waals surface area contributed by atoms with E-state index in [0.717, 1.165) is 12.3 Å². The second kappa shape index (κ2) is 5.94. The van der Waals surface area contributed by atoms with Gasteiger partial charge in [0.25, 0.3) is 0 Å². The fraction of sp³-hybridized carbons (Fsp3) is 0.286. The van der Waals surface area contributed by atoms with Gasteiger partial charge in [0.2, 0.25) is 0 Å². The highest BCUT2D eigenvalue weighted by Gasteiger charge is 2.04. The third-order valence-electron chi connectivity index (χ3n) is 2.68. The molecule has 0 spiro atoms. The van der Waals surface area contributed by atoms with E-state index in [9.17, 15) is 0 Å². The molecule has 0 aliphatic rings. The molecule has 2 rings (SSSR count). The van der Waals surface area contributed by atoms with Crippen LogP contribution in [0.15, 0.2) is 53.6 Å². The van der Waals surface area contributed by atoms with Crippen LogP contribution in [0.2, 0.25) is 0 Å². The first-order valence-corrected chi connectivity index (χ1v) is 6.84. The Morgan fingerprint density at radius 1 is 1.18 bits per heavy atom. The number of thioether (sulfide) groups is 1. The van der Waals surface area contributed by atoms with Crippen molar-refractivity contribution in [2.24, 2.45) is 5.73 Å². The molecule has 0 amide bonds. The van der Waals surface area contributed by atoms with Crippen molar-refractivity contribution in [2.75, 3.05) is 5.75 Å². The summed E-state index contributed by atoms with van der Waals surface area (Å²) in [6.07, 6.45) is 2.10. The van der Waals surface area contributed by atoms with E-state index >= 15 is 0 Å². The Kier molecular flexibility index (Phi) is 4.29. The molecule has 90 valence electrons. The van der Waals surface area contributed by atoms with Gasteiger partial charge in [-0.25, -0.2) is 0 Å². The van der Waals surface area contributed by atoms with E-state index < -0.39 is 0 Å². The molecule has 1 heterocycles. The Hall–Kier alpha value is -1.19. The molecule has 1 atom stereocenters. The molecule has 0 radical (unpaired) electrons. The number of hydrogen-bond acceptors (Lipinski definition) is 2. The van der Waals surface area contributed by atoms with Crippen LogP contribution >= 0.6 is 11.8 Å². The van der Waals surface area contributed by atoms with E-state index in [-0.39, 0.29) is 6.04 Å². The summed E-state index contributed by atoms with van der Waals surface area (Å²) in [5, 5.41) is 0. The zero-order valence-corrected chi connectivity index (χ0v) is 10.9. The van der Waals surface area contributed by atoms with Crippen LogP contribution in [-0.2, 0) is 6.54 Å². The molecule has 1 aromatic carbocycles. The van der Waals surface area contributed by atoms with Crippen molar-refractivity contribution in [2.45, 2.75) is 24.4 Å². The second-order valence-corrected chi connectivity index (χ2v) is 5.24. The van der Waals surface area contributed by atoms with Gasteiger partial charge in [0.05, 0.1) is 0 Å². The molecule has 0 saturated carbocycles. The predicted molar refractivity (Wildman–Crippen MR) is 74.2 cm³/mol. The first kappa shape index (κ1) is 12.3. The molecule has 0 bridgehead atoms. The molecule has 2 nitrogen and oxygen atoms in total. The molecule has 3 heteroatoms. The quantitative estimate of drug-likeness (QED) is 0.821. The highest BCUT2D eigenvalue weighted by Crippen LogP contribution is 2.18. The van der Waals surface area contributed by atoms with Crippen molar-refractivity contribution in [1.29, 1.82) is 0 Å². The van der Waals surface area contributed by atoms with E-state index in [4.69, 9.17) is 5.73 Å². The number of hydrogen-bond donors (Lipinski definition) is 1. The Morgan fingerprint density at radius 2 is 1.94 bits per heavy atom. The largest absolute Gasteiger partial charge is 0.349 e. The molecule has 0 aliphatic carbocycles. The van der Waals surface area contributed by atoms with Crippen molar-refractivity contribution >= 4 is 11.8 Å². The predicted octanol–water partition coefficient (Wildman–Crippen LogP) is 3.30. The van der Waals surface area contributed by atoms with E-state index in [1.807, 2.05) is 24.8 Å². The molecule has 1 unspecified atom stereocenters. The highest BCUT2D eigenvalue weighted by atomic mass is 32.2. The average molecular weight is 246 g/mol. The van der Waals surface area contributed by atoms with Crippen LogP contribution < -0.4 is 5.73 Å². The van der Waals surface area contributed by atoms with Gasteiger partial charge >= 0.3 is 0 Å². The molecular formula is C14H18N2S. The minimum absolute atomic E-state index is 0.103. The van der Waals surface area contributed by atoms with Gasteiger partial charge in [0.1, 0.15) is 0 Å². The van der Waals surface area contributed by atoms with Crippen molar-refractivity contribution < 1.29 is 0 Å². The Labute approximate surface area is 107 Å². The van der Waals surface area contributed by atoms with Crippen LogP contribution in [0.4, 0.5) is 0 Å². The fourth-order valence-electron chi connectivity index (χ4n) is 1.82. The van der Waals surface area contributed by atoms with Gasteiger partial charge in [-0.1, -0.05) is 18.2 Å². The molecule has 0 fully saturated rings. The molecule has 2 N–H and O–H groups in total. The number of rotatable bonds is 5. The lowest BCUT2D eigenvalue weighted by atomic mass is 10.2.